The van der Waals surface area contributed by atoms with Crippen LogP contribution in [-0.2, 0) is 17.8 Å². The molecule has 1 aliphatic rings. The Morgan fingerprint density at radius 3 is 2.74 bits per heavy atom. The number of thioether (sulfide) groups is 1. The number of ketones is 1. The van der Waals surface area contributed by atoms with Crippen molar-refractivity contribution >= 4 is 23.5 Å². The van der Waals surface area contributed by atoms with Crippen molar-refractivity contribution in [1.29, 1.82) is 0 Å². The largest absolute Gasteiger partial charge is 0.467 e. The molecule has 8 nitrogen and oxygen atoms in total. The minimum atomic E-state index is 0.108. The van der Waals surface area contributed by atoms with Gasteiger partial charge in [0.05, 0.1) is 18.6 Å². The Hall–Kier alpha value is -2.52. The zero-order valence-electron chi connectivity index (χ0n) is 20.6. The van der Waals surface area contributed by atoms with Gasteiger partial charge in [0.25, 0.3) is 0 Å². The maximum absolute atomic E-state index is 13.2. The minimum absolute atomic E-state index is 0.108. The Bertz CT molecular complexity index is 1080. The Morgan fingerprint density at radius 1 is 1.24 bits per heavy atom. The molecule has 0 amide bonds. The highest BCUT2D eigenvalue weighted by molar-refractivity contribution is 7.99. The fourth-order valence-corrected chi connectivity index (χ4v) is 5.35. The van der Waals surface area contributed by atoms with Crippen molar-refractivity contribution in [2.24, 2.45) is 5.92 Å². The molecule has 4 rings (SSSR count). The van der Waals surface area contributed by atoms with E-state index in [-0.39, 0.29) is 5.78 Å². The van der Waals surface area contributed by atoms with E-state index in [1.807, 2.05) is 25.1 Å². The molecule has 3 aromatic heterocycles. The lowest BCUT2D eigenvalue weighted by molar-refractivity contribution is 0.102. The summed E-state index contributed by atoms with van der Waals surface area (Å²) < 4.78 is 15.1. The van der Waals surface area contributed by atoms with Crippen LogP contribution in [0.1, 0.15) is 53.7 Å². The SMILES string of the molecule is COCCCn1c(C)cc(C(=O)CSc2nnc(N3CCC(C)CC3)n2Cc2ccco2)c1C. The van der Waals surface area contributed by atoms with Crippen LogP contribution in [0, 0.1) is 19.8 Å². The lowest BCUT2D eigenvalue weighted by Crippen LogP contribution is -2.35. The van der Waals surface area contributed by atoms with Crippen LogP contribution in [-0.4, -0.2) is 57.7 Å². The number of hydrogen-bond donors (Lipinski definition) is 0. The van der Waals surface area contributed by atoms with Gasteiger partial charge in [-0.2, -0.15) is 0 Å². The van der Waals surface area contributed by atoms with Gasteiger partial charge in [-0.3, -0.25) is 9.36 Å². The van der Waals surface area contributed by atoms with Crippen LogP contribution in [0.15, 0.2) is 34.0 Å². The molecular formula is C25H35N5O3S. The molecule has 184 valence electrons. The topological polar surface area (TPSA) is 78.3 Å². The van der Waals surface area contributed by atoms with Gasteiger partial charge in [0.15, 0.2) is 10.9 Å². The highest BCUT2D eigenvalue weighted by atomic mass is 32.2. The van der Waals surface area contributed by atoms with Gasteiger partial charge in [0.1, 0.15) is 5.76 Å². The maximum atomic E-state index is 13.2. The van der Waals surface area contributed by atoms with Gasteiger partial charge < -0.3 is 18.6 Å². The third-order valence-electron chi connectivity index (χ3n) is 6.59. The van der Waals surface area contributed by atoms with E-state index >= 15 is 0 Å². The van der Waals surface area contributed by atoms with Crippen molar-refractivity contribution in [3.63, 3.8) is 0 Å². The van der Waals surface area contributed by atoms with E-state index < -0.39 is 0 Å². The molecule has 3 aromatic rings. The monoisotopic (exact) mass is 485 g/mol. The molecule has 34 heavy (non-hydrogen) atoms. The summed E-state index contributed by atoms with van der Waals surface area (Å²) in [6.45, 7) is 10.4. The summed E-state index contributed by atoms with van der Waals surface area (Å²) in [6.07, 6.45) is 4.90. The van der Waals surface area contributed by atoms with Gasteiger partial charge in [0.2, 0.25) is 5.95 Å². The Labute approximate surface area is 205 Å². The molecular weight excluding hydrogens is 450 g/mol. The predicted octanol–water partition coefficient (Wildman–Crippen LogP) is 4.59. The van der Waals surface area contributed by atoms with Crippen LogP contribution in [0.5, 0.6) is 0 Å². The average Bonchev–Trinajstić information content (AvgIpc) is 3.55. The molecule has 0 aromatic carbocycles. The first-order valence-electron chi connectivity index (χ1n) is 12.0. The third-order valence-corrected chi connectivity index (χ3v) is 7.56. The van der Waals surface area contributed by atoms with Crippen LogP contribution in [0.4, 0.5) is 5.95 Å². The zero-order chi connectivity index (χ0) is 24.1. The normalized spacial score (nSPS) is 14.8. The van der Waals surface area contributed by atoms with E-state index in [4.69, 9.17) is 9.15 Å². The number of aromatic nitrogens is 4. The van der Waals surface area contributed by atoms with E-state index in [1.54, 1.807) is 13.4 Å². The quantitative estimate of drug-likeness (QED) is 0.223. The molecule has 0 N–H and O–H groups in total. The first kappa shape index (κ1) is 24.6. The molecule has 0 unspecified atom stereocenters. The van der Waals surface area contributed by atoms with E-state index in [0.29, 0.717) is 18.9 Å². The number of carbonyl (C=O) groups excluding carboxylic acids is 1. The van der Waals surface area contributed by atoms with Crippen LogP contribution in [0.25, 0.3) is 0 Å². The molecule has 0 bridgehead atoms. The van der Waals surface area contributed by atoms with Crippen molar-refractivity contribution in [3.8, 4) is 0 Å². The second-order valence-corrected chi connectivity index (χ2v) is 10.1. The highest BCUT2D eigenvalue weighted by Crippen LogP contribution is 2.28. The fraction of sp³-hybridized carbons (Fsp3) is 0.560. The van der Waals surface area contributed by atoms with Gasteiger partial charge >= 0.3 is 0 Å². The number of hydrogen-bond acceptors (Lipinski definition) is 7. The Kier molecular flexibility index (Phi) is 8.15. The summed E-state index contributed by atoms with van der Waals surface area (Å²) >= 11 is 1.44. The van der Waals surface area contributed by atoms with Crippen LogP contribution >= 0.6 is 11.8 Å². The van der Waals surface area contributed by atoms with Crippen LogP contribution < -0.4 is 4.90 Å². The Balaban J connectivity index is 1.49. The Morgan fingerprint density at radius 2 is 2.03 bits per heavy atom. The number of Topliss-reactive ketones (excluding diaryl/α,β-unsaturated/α-hetero) is 1. The molecule has 0 spiro atoms. The van der Waals surface area contributed by atoms with Crippen molar-refractivity contribution in [2.75, 3.05) is 37.5 Å². The number of furan rings is 1. The lowest BCUT2D eigenvalue weighted by Gasteiger charge is -2.31. The summed E-state index contributed by atoms with van der Waals surface area (Å²) in [4.78, 5) is 15.5. The van der Waals surface area contributed by atoms with Crippen LogP contribution in [0.3, 0.4) is 0 Å². The first-order valence-corrected chi connectivity index (χ1v) is 13.0. The van der Waals surface area contributed by atoms with Crippen molar-refractivity contribution < 1.29 is 13.9 Å². The number of rotatable bonds is 11. The fourth-order valence-electron chi connectivity index (χ4n) is 4.53. The number of ether oxygens (including phenoxy) is 1. The van der Waals surface area contributed by atoms with E-state index in [0.717, 1.165) is 78.6 Å². The van der Waals surface area contributed by atoms with Crippen molar-refractivity contribution in [2.45, 2.75) is 58.3 Å². The maximum Gasteiger partial charge on any atom is 0.228 e. The molecule has 0 atom stereocenters. The lowest BCUT2D eigenvalue weighted by atomic mass is 10.00. The number of nitrogens with zero attached hydrogens (tertiary/aromatic N) is 5. The number of carbonyl (C=O) groups is 1. The van der Waals surface area contributed by atoms with Gasteiger partial charge in [-0.05, 0) is 57.2 Å². The smallest absolute Gasteiger partial charge is 0.228 e. The van der Waals surface area contributed by atoms with Crippen molar-refractivity contribution in [1.82, 2.24) is 19.3 Å². The van der Waals surface area contributed by atoms with Gasteiger partial charge in [-0.15, -0.1) is 10.2 Å². The van der Waals surface area contributed by atoms with E-state index in [9.17, 15) is 4.79 Å². The average molecular weight is 486 g/mol. The number of anilines is 1. The summed E-state index contributed by atoms with van der Waals surface area (Å²) in [7, 11) is 1.71. The second-order valence-electron chi connectivity index (χ2n) is 9.11. The predicted molar refractivity (Wildman–Crippen MR) is 134 cm³/mol. The van der Waals surface area contributed by atoms with Crippen LogP contribution in [0.2, 0.25) is 0 Å². The summed E-state index contributed by atoms with van der Waals surface area (Å²) in [6, 6.07) is 5.85. The summed E-state index contributed by atoms with van der Waals surface area (Å²) in [5.41, 5.74) is 2.90. The first-order chi connectivity index (χ1) is 16.5. The number of methoxy groups -OCH3 is 1. The molecule has 9 heteroatoms. The molecule has 1 aliphatic heterocycles. The molecule has 0 saturated carbocycles. The third kappa shape index (κ3) is 5.58. The molecule has 1 fully saturated rings. The highest BCUT2D eigenvalue weighted by Gasteiger charge is 2.24. The molecule has 0 radical (unpaired) electrons. The standard InChI is InChI=1S/C25H35N5O3S/c1-18-8-11-28(12-9-18)24-26-27-25(30(24)16-21-7-5-14-33-21)34-17-23(31)22-15-19(2)29(20(22)3)10-6-13-32-4/h5,7,14-15,18H,6,8-13,16-17H2,1-4H3. The zero-order valence-corrected chi connectivity index (χ0v) is 21.4. The van der Waals surface area contributed by atoms with Gasteiger partial charge in [0, 0.05) is 50.3 Å². The van der Waals surface area contributed by atoms with Gasteiger partial charge in [-0.1, -0.05) is 18.7 Å². The molecule has 1 saturated heterocycles. The molecule has 4 heterocycles. The molecule has 0 aliphatic carbocycles. The van der Waals surface area contributed by atoms with Crippen molar-refractivity contribution in [3.05, 3.63) is 47.2 Å². The number of aryl methyl sites for hydroxylation is 1. The summed E-state index contributed by atoms with van der Waals surface area (Å²) in [5.74, 6) is 2.86. The van der Waals surface area contributed by atoms with E-state index in [2.05, 4.69) is 38.1 Å². The van der Waals surface area contributed by atoms with E-state index in [1.165, 1.54) is 11.8 Å². The minimum Gasteiger partial charge on any atom is -0.467 e. The summed E-state index contributed by atoms with van der Waals surface area (Å²) in [5, 5.41) is 9.74. The number of piperidine rings is 1. The van der Waals surface area contributed by atoms with Gasteiger partial charge in [-0.25, -0.2) is 0 Å². The second kappa shape index (κ2) is 11.3.